The average molecular weight is 219 g/mol. The highest BCUT2D eigenvalue weighted by atomic mass is 16.5. The molecule has 16 heavy (non-hydrogen) atoms. The van der Waals surface area contributed by atoms with Crippen LogP contribution in [0.3, 0.4) is 0 Å². The van der Waals surface area contributed by atoms with E-state index in [1.807, 2.05) is 18.2 Å². The number of aromatic hydroxyl groups is 1. The van der Waals surface area contributed by atoms with Crippen LogP contribution in [0.4, 0.5) is 0 Å². The maximum Gasteiger partial charge on any atom is 0.161 e. The van der Waals surface area contributed by atoms with Crippen LogP contribution >= 0.6 is 0 Å². The number of ether oxygens (including phenoxy) is 1. The Balaban J connectivity index is 1.66. The Morgan fingerprint density at radius 1 is 1.12 bits per heavy atom. The van der Waals surface area contributed by atoms with Crippen molar-refractivity contribution in [3.05, 3.63) is 24.3 Å². The van der Waals surface area contributed by atoms with E-state index in [1.165, 1.54) is 0 Å². The van der Waals surface area contributed by atoms with Crippen LogP contribution in [0.2, 0.25) is 0 Å². The number of fused-ring (bicyclic) bond motifs is 1. The zero-order valence-corrected chi connectivity index (χ0v) is 9.23. The van der Waals surface area contributed by atoms with Gasteiger partial charge in [-0.15, -0.1) is 0 Å². The molecule has 3 rings (SSSR count). The summed E-state index contributed by atoms with van der Waals surface area (Å²) >= 11 is 0. The van der Waals surface area contributed by atoms with Crippen molar-refractivity contribution >= 4 is 0 Å². The van der Waals surface area contributed by atoms with E-state index in [-0.39, 0.29) is 11.9 Å². The van der Waals surface area contributed by atoms with Crippen molar-refractivity contribution in [2.24, 2.45) is 11.8 Å². The van der Waals surface area contributed by atoms with Crippen LogP contribution in [0, 0.1) is 11.8 Å². The molecule has 0 bridgehead atoms. The Morgan fingerprint density at radius 3 is 2.50 bits per heavy atom. The SMILES string of the molecule is Oc1ccccc1OC1CC2CNCC2C1. The van der Waals surface area contributed by atoms with Crippen LogP contribution in [0.1, 0.15) is 12.8 Å². The average Bonchev–Trinajstić information content (AvgIpc) is 2.81. The molecule has 2 unspecified atom stereocenters. The Morgan fingerprint density at radius 2 is 1.81 bits per heavy atom. The summed E-state index contributed by atoms with van der Waals surface area (Å²) in [5.41, 5.74) is 0. The van der Waals surface area contributed by atoms with Gasteiger partial charge in [0.05, 0.1) is 6.10 Å². The van der Waals surface area contributed by atoms with Gasteiger partial charge in [0.1, 0.15) is 0 Å². The second-order valence-corrected chi connectivity index (χ2v) is 4.86. The molecule has 2 aliphatic rings. The predicted octanol–water partition coefficient (Wildman–Crippen LogP) is 1.77. The van der Waals surface area contributed by atoms with Crippen molar-refractivity contribution in [3.63, 3.8) is 0 Å². The fourth-order valence-electron chi connectivity index (χ4n) is 2.94. The van der Waals surface area contributed by atoms with Gasteiger partial charge in [0.25, 0.3) is 0 Å². The van der Waals surface area contributed by atoms with E-state index in [1.54, 1.807) is 6.07 Å². The lowest BCUT2D eigenvalue weighted by Gasteiger charge is -2.15. The standard InChI is InChI=1S/C13H17NO2/c15-12-3-1-2-4-13(12)16-11-5-9-7-14-8-10(9)6-11/h1-4,9-11,14-15H,5-8H2. The van der Waals surface area contributed by atoms with Gasteiger partial charge in [0.15, 0.2) is 11.5 Å². The van der Waals surface area contributed by atoms with E-state index in [4.69, 9.17) is 4.74 Å². The van der Waals surface area contributed by atoms with Crippen molar-refractivity contribution in [1.29, 1.82) is 0 Å². The first-order chi connectivity index (χ1) is 7.83. The molecule has 1 saturated heterocycles. The molecule has 0 amide bonds. The van der Waals surface area contributed by atoms with E-state index >= 15 is 0 Å². The van der Waals surface area contributed by atoms with Gasteiger partial charge in [-0.05, 0) is 49.9 Å². The molecule has 3 heteroatoms. The van der Waals surface area contributed by atoms with E-state index in [0.717, 1.165) is 37.8 Å². The van der Waals surface area contributed by atoms with E-state index < -0.39 is 0 Å². The molecule has 1 heterocycles. The zero-order valence-electron chi connectivity index (χ0n) is 9.23. The predicted molar refractivity (Wildman–Crippen MR) is 61.6 cm³/mol. The van der Waals surface area contributed by atoms with Gasteiger partial charge in [-0.2, -0.15) is 0 Å². The van der Waals surface area contributed by atoms with Gasteiger partial charge >= 0.3 is 0 Å². The highest BCUT2D eigenvalue weighted by Crippen LogP contribution is 2.38. The molecule has 2 N–H and O–H groups in total. The molecule has 0 radical (unpaired) electrons. The number of rotatable bonds is 2. The van der Waals surface area contributed by atoms with E-state index in [2.05, 4.69) is 5.32 Å². The third-order valence-corrected chi connectivity index (χ3v) is 3.77. The summed E-state index contributed by atoms with van der Waals surface area (Å²) in [5.74, 6) is 2.42. The number of hydrogen-bond donors (Lipinski definition) is 2. The van der Waals surface area contributed by atoms with E-state index in [0.29, 0.717) is 5.75 Å². The molecule has 2 fully saturated rings. The number of para-hydroxylation sites is 2. The number of phenolic OH excluding ortho intramolecular Hbond substituents is 1. The van der Waals surface area contributed by atoms with Gasteiger partial charge in [-0.3, -0.25) is 0 Å². The van der Waals surface area contributed by atoms with Crippen LogP contribution in [-0.4, -0.2) is 24.3 Å². The number of phenols is 1. The second-order valence-electron chi connectivity index (χ2n) is 4.86. The lowest BCUT2D eigenvalue weighted by atomic mass is 10.0. The Hall–Kier alpha value is -1.22. The fourth-order valence-corrected chi connectivity index (χ4v) is 2.94. The minimum absolute atomic E-state index is 0.248. The van der Waals surface area contributed by atoms with Crippen molar-refractivity contribution < 1.29 is 9.84 Å². The molecular formula is C13H17NO2. The monoisotopic (exact) mass is 219 g/mol. The lowest BCUT2D eigenvalue weighted by Crippen LogP contribution is -2.18. The zero-order chi connectivity index (χ0) is 11.0. The molecular weight excluding hydrogens is 202 g/mol. The second kappa shape index (κ2) is 3.98. The third kappa shape index (κ3) is 1.76. The minimum atomic E-state index is 0.248. The summed E-state index contributed by atoms with van der Waals surface area (Å²) in [6.07, 6.45) is 2.52. The van der Waals surface area contributed by atoms with Gasteiger partial charge in [-0.25, -0.2) is 0 Å². The van der Waals surface area contributed by atoms with Crippen LogP contribution in [0.5, 0.6) is 11.5 Å². The van der Waals surface area contributed by atoms with Crippen LogP contribution < -0.4 is 10.1 Å². The lowest BCUT2D eigenvalue weighted by molar-refractivity contribution is 0.192. The molecule has 1 aliphatic heterocycles. The van der Waals surface area contributed by atoms with Gasteiger partial charge < -0.3 is 15.2 Å². The van der Waals surface area contributed by atoms with Crippen molar-refractivity contribution in [1.82, 2.24) is 5.32 Å². The van der Waals surface area contributed by atoms with Gasteiger partial charge in [-0.1, -0.05) is 12.1 Å². The Labute approximate surface area is 95.4 Å². The summed E-state index contributed by atoms with van der Waals surface area (Å²) in [7, 11) is 0. The summed E-state index contributed by atoms with van der Waals surface area (Å²) in [6, 6.07) is 7.22. The highest BCUT2D eigenvalue weighted by molar-refractivity contribution is 5.38. The first-order valence-corrected chi connectivity index (χ1v) is 5.98. The number of nitrogens with one attached hydrogen (secondary N) is 1. The molecule has 0 spiro atoms. The van der Waals surface area contributed by atoms with Gasteiger partial charge in [0, 0.05) is 0 Å². The third-order valence-electron chi connectivity index (χ3n) is 3.77. The summed E-state index contributed by atoms with van der Waals surface area (Å²) < 4.78 is 5.86. The summed E-state index contributed by atoms with van der Waals surface area (Å²) in [6.45, 7) is 2.26. The minimum Gasteiger partial charge on any atom is -0.504 e. The summed E-state index contributed by atoms with van der Waals surface area (Å²) in [5, 5.41) is 13.1. The molecule has 2 atom stereocenters. The molecule has 0 aromatic heterocycles. The van der Waals surface area contributed by atoms with Gasteiger partial charge in [0.2, 0.25) is 0 Å². The topological polar surface area (TPSA) is 41.5 Å². The Bertz CT molecular complexity index is 368. The molecule has 1 aromatic rings. The van der Waals surface area contributed by atoms with Crippen molar-refractivity contribution in [3.8, 4) is 11.5 Å². The number of hydrogen-bond acceptors (Lipinski definition) is 3. The fraction of sp³-hybridized carbons (Fsp3) is 0.538. The van der Waals surface area contributed by atoms with E-state index in [9.17, 15) is 5.11 Å². The van der Waals surface area contributed by atoms with Crippen LogP contribution in [-0.2, 0) is 0 Å². The Kier molecular flexibility index (Phi) is 2.48. The van der Waals surface area contributed by atoms with Crippen LogP contribution in [0.15, 0.2) is 24.3 Å². The first-order valence-electron chi connectivity index (χ1n) is 5.98. The molecule has 86 valence electrons. The summed E-state index contributed by atoms with van der Waals surface area (Å²) in [4.78, 5) is 0. The first kappa shape index (κ1) is 9.97. The van der Waals surface area contributed by atoms with Crippen molar-refractivity contribution in [2.75, 3.05) is 13.1 Å². The molecule has 1 saturated carbocycles. The maximum atomic E-state index is 9.64. The molecule has 1 aromatic carbocycles. The normalized spacial score (nSPS) is 32.6. The molecule has 3 nitrogen and oxygen atoms in total. The van der Waals surface area contributed by atoms with Crippen molar-refractivity contribution in [2.45, 2.75) is 18.9 Å². The largest absolute Gasteiger partial charge is 0.504 e. The quantitative estimate of drug-likeness (QED) is 0.796. The maximum absolute atomic E-state index is 9.64. The molecule has 1 aliphatic carbocycles. The van der Waals surface area contributed by atoms with Crippen LogP contribution in [0.25, 0.3) is 0 Å². The number of benzene rings is 1. The highest BCUT2D eigenvalue weighted by Gasteiger charge is 2.38. The smallest absolute Gasteiger partial charge is 0.161 e.